The van der Waals surface area contributed by atoms with Crippen LogP contribution in [-0.4, -0.2) is 24.9 Å². The van der Waals surface area contributed by atoms with E-state index in [1.54, 1.807) is 0 Å². The van der Waals surface area contributed by atoms with Gasteiger partial charge in [0, 0.05) is 0 Å². The molecule has 0 aromatic heterocycles. The summed E-state index contributed by atoms with van der Waals surface area (Å²) in [6.07, 6.45) is -0.649. The molecule has 0 spiro atoms. The van der Waals surface area contributed by atoms with E-state index in [0.29, 0.717) is 0 Å². The second-order valence-corrected chi connectivity index (χ2v) is 2.28. The zero-order chi connectivity index (χ0) is 7.78. The van der Waals surface area contributed by atoms with Crippen LogP contribution in [0, 0.1) is 0 Å². The van der Waals surface area contributed by atoms with E-state index in [-0.39, 0.29) is 12.6 Å². The highest BCUT2D eigenvalue weighted by Gasteiger charge is 2.33. The lowest BCUT2D eigenvalue weighted by Gasteiger charge is -2.36. The molecule has 0 radical (unpaired) electrons. The first-order valence-electron chi connectivity index (χ1n) is 2.92. The van der Waals surface area contributed by atoms with Gasteiger partial charge >= 0.3 is 0 Å². The quantitative estimate of drug-likeness (QED) is 0.275. The number of hydrogen-bond donors (Lipinski definition) is 4. The molecule has 2 atom stereocenters. The summed E-state index contributed by atoms with van der Waals surface area (Å²) in [5.74, 6) is 0. The van der Waals surface area contributed by atoms with E-state index in [9.17, 15) is 0 Å². The lowest BCUT2D eigenvalue weighted by molar-refractivity contribution is -0.291. The van der Waals surface area contributed by atoms with Crippen molar-refractivity contribution in [2.24, 2.45) is 22.9 Å². The molecule has 8 N–H and O–H groups in total. The van der Waals surface area contributed by atoms with Crippen LogP contribution in [0.4, 0.5) is 0 Å². The molecule has 1 saturated heterocycles. The molecule has 6 heteroatoms. The molecule has 1 aliphatic rings. The molecule has 0 aromatic rings. The van der Waals surface area contributed by atoms with Gasteiger partial charge in [0.15, 0.2) is 0 Å². The van der Waals surface area contributed by atoms with Gasteiger partial charge in [-0.2, -0.15) is 0 Å². The highest BCUT2D eigenvalue weighted by atomic mass is 16.7. The van der Waals surface area contributed by atoms with Crippen LogP contribution in [0.1, 0.15) is 0 Å². The van der Waals surface area contributed by atoms with Gasteiger partial charge in [0.2, 0.25) is 0 Å². The largest absolute Gasteiger partial charge is 0.323 e. The van der Waals surface area contributed by atoms with Gasteiger partial charge in [-0.1, -0.05) is 0 Å². The average Bonchev–Trinajstić information content (AvgIpc) is 1.79. The maximum atomic E-state index is 5.41. The van der Waals surface area contributed by atoms with Crippen LogP contribution in [0.15, 0.2) is 0 Å². The molecule has 1 heterocycles. The molecule has 60 valence electrons. The maximum absolute atomic E-state index is 5.41. The zero-order valence-electron chi connectivity index (χ0n) is 5.49. The third-order valence-corrected chi connectivity index (χ3v) is 1.24. The lowest BCUT2D eigenvalue weighted by Crippen LogP contribution is -2.66. The van der Waals surface area contributed by atoms with Crippen molar-refractivity contribution in [3.8, 4) is 0 Å². The summed E-state index contributed by atoms with van der Waals surface area (Å²) in [4.78, 5) is 0. The number of hydrogen-bond acceptors (Lipinski definition) is 6. The normalized spacial score (nSPS) is 39.6. The van der Waals surface area contributed by atoms with Gasteiger partial charge < -0.3 is 20.9 Å². The highest BCUT2D eigenvalue weighted by molar-refractivity contribution is 4.74. The summed E-state index contributed by atoms with van der Waals surface area (Å²) in [7, 11) is 0. The second kappa shape index (κ2) is 2.42. The van der Waals surface area contributed by atoms with Gasteiger partial charge in [0.1, 0.15) is 6.23 Å². The summed E-state index contributed by atoms with van der Waals surface area (Å²) in [5.41, 5.74) is 21.2. The minimum atomic E-state index is -1.57. The van der Waals surface area contributed by atoms with Crippen LogP contribution in [0.2, 0.25) is 0 Å². The Hall–Kier alpha value is -0.240. The average molecular weight is 148 g/mol. The first kappa shape index (κ1) is 7.86. The van der Waals surface area contributed by atoms with Gasteiger partial charge in [0.05, 0.1) is 12.6 Å². The summed E-state index contributed by atoms with van der Waals surface area (Å²) >= 11 is 0. The smallest absolute Gasteiger partial charge is 0.288 e. The SMILES string of the molecule is NC1COC(N)(N)OC1N. The molecular formula is C4H12N4O2. The Kier molecular flexibility index (Phi) is 1.90. The molecular weight excluding hydrogens is 136 g/mol. The fourth-order valence-electron chi connectivity index (χ4n) is 0.655. The molecule has 1 aliphatic heterocycles. The first-order chi connectivity index (χ1) is 4.51. The van der Waals surface area contributed by atoms with Crippen molar-refractivity contribution in [1.82, 2.24) is 0 Å². The summed E-state index contributed by atoms with van der Waals surface area (Å²) < 4.78 is 9.55. The molecule has 0 bridgehead atoms. The first-order valence-corrected chi connectivity index (χ1v) is 2.92. The predicted molar refractivity (Wildman–Crippen MR) is 34.1 cm³/mol. The van der Waals surface area contributed by atoms with E-state index < -0.39 is 12.3 Å². The fourth-order valence-corrected chi connectivity index (χ4v) is 0.655. The number of ether oxygens (including phenoxy) is 2. The van der Waals surface area contributed by atoms with Gasteiger partial charge in [0.25, 0.3) is 6.03 Å². The Labute approximate surface area is 58.4 Å². The van der Waals surface area contributed by atoms with E-state index in [0.717, 1.165) is 0 Å². The Morgan fingerprint density at radius 1 is 1.30 bits per heavy atom. The maximum Gasteiger partial charge on any atom is 0.288 e. The van der Waals surface area contributed by atoms with Gasteiger partial charge in [-0.3, -0.25) is 11.5 Å². The molecule has 0 aromatic carbocycles. The molecule has 0 saturated carbocycles. The van der Waals surface area contributed by atoms with Crippen molar-refractivity contribution in [3.63, 3.8) is 0 Å². The summed E-state index contributed by atoms with van der Waals surface area (Å²) in [6.45, 7) is 0.216. The fraction of sp³-hybridized carbons (Fsp3) is 1.00. The van der Waals surface area contributed by atoms with Crippen molar-refractivity contribution < 1.29 is 9.47 Å². The van der Waals surface area contributed by atoms with Crippen molar-refractivity contribution in [1.29, 1.82) is 0 Å². The van der Waals surface area contributed by atoms with Crippen molar-refractivity contribution in [2.45, 2.75) is 18.3 Å². The lowest BCUT2D eigenvalue weighted by atomic mass is 10.3. The molecule has 0 aliphatic carbocycles. The second-order valence-electron chi connectivity index (χ2n) is 2.28. The third-order valence-electron chi connectivity index (χ3n) is 1.24. The third kappa shape index (κ3) is 1.63. The van der Waals surface area contributed by atoms with Crippen LogP contribution < -0.4 is 22.9 Å². The summed E-state index contributed by atoms with van der Waals surface area (Å²) in [5, 5.41) is 0. The van der Waals surface area contributed by atoms with E-state index in [4.69, 9.17) is 32.4 Å². The molecule has 2 unspecified atom stereocenters. The standard InChI is InChI=1S/C4H12N4O2/c5-2-1-9-4(7,8)10-3(2)6/h2-3H,1,5-8H2. The molecule has 1 rings (SSSR count). The van der Waals surface area contributed by atoms with Crippen molar-refractivity contribution in [3.05, 3.63) is 0 Å². The Balaban J connectivity index is 2.49. The monoisotopic (exact) mass is 148 g/mol. The van der Waals surface area contributed by atoms with E-state index in [1.807, 2.05) is 0 Å². The number of rotatable bonds is 0. The van der Waals surface area contributed by atoms with Crippen molar-refractivity contribution in [2.75, 3.05) is 6.61 Å². The van der Waals surface area contributed by atoms with Gasteiger partial charge in [-0.15, -0.1) is 0 Å². The van der Waals surface area contributed by atoms with E-state index >= 15 is 0 Å². The minimum Gasteiger partial charge on any atom is -0.323 e. The highest BCUT2D eigenvalue weighted by Crippen LogP contribution is 2.08. The van der Waals surface area contributed by atoms with Gasteiger partial charge in [-0.05, 0) is 0 Å². The van der Waals surface area contributed by atoms with Crippen LogP contribution >= 0.6 is 0 Å². The van der Waals surface area contributed by atoms with Crippen molar-refractivity contribution >= 4 is 0 Å². The van der Waals surface area contributed by atoms with Crippen LogP contribution in [0.5, 0.6) is 0 Å². The van der Waals surface area contributed by atoms with Gasteiger partial charge in [-0.25, -0.2) is 0 Å². The van der Waals surface area contributed by atoms with E-state index in [2.05, 4.69) is 0 Å². The van der Waals surface area contributed by atoms with Crippen LogP contribution in [0.3, 0.4) is 0 Å². The molecule has 0 amide bonds. The Bertz CT molecular complexity index is 128. The number of nitrogens with two attached hydrogens (primary N) is 4. The molecule has 6 nitrogen and oxygen atoms in total. The Morgan fingerprint density at radius 2 is 1.90 bits per heavy atom. The molecule has 1 fully saturated rings. The minimum absolute atomic E-state index is 0.216. The molecule has 10 heavy (non-hydrogen) atoms. The van der Waals surface area contributed by atoms with Crippen LogP contribution in [0.25, 0.3) is 0 Å². The predicted octanol–water partition coefficient (Wildman–Crippen LogP) is -2.83. The summed E-state index contributed by atoms with van der Waals surface area (Å²) in [6, 6.07) is -1.94. The Morgan fingerprint density at radius 3 is 2.30 bits per heavy atom. The van der Waals surface area contributed by atoms with Crippen LogP contribution in [-0.2, 0) is 9.47 Å². The zero-order valence-corrected chi connectivity index (χ0v) is 5.49. The topological polar surface area (TPSA) is 123 Å². The van der Waals surface area contributed by atoms with E-state index in [1.165, 1.54) is 0 Å².